The van der Waals surface area contributed by atoms with E-state index in [4.69, 9.17) is 0 Å². The Hall–Kier alpha value is -2.87. The number of non-ortho nitro benzene ring substituents is 1. The van der Waals surface area contributed by atoms with Crippen molar-refractivity contribution in [2.24, 2.45) is 0 Å². The fraction of sp³-hybridized carbons (Fsp3) is 0.222. The molecule has 2 aromatic carbocycles. The molecule has 2 amide bonds. The predicted molar refractivity (Wildman–Crippen MR) is 100 cm³/mol. The summed E-state index contributed by atoms with van der Waals surface area (Å²) < 4.78 is 0. The van der Waals surface area contributed by atoms with Crippen LogP contribution in [0.2, 0.25) is 0 Å². The number of carbonyl (C=O) groups is 2. The number of nitrogens with one attached hydrogen (secondary N) is 1. The van der Waals surface area contributed by atoms with Gasteiger partial charge in [0.15, 0.2) is 0 Å². The zero-order valence-electron chi connectivity index (χ0n) is 14.0. The van der Waals surface area contributed by atoms with Gasteiger partial charge in [-0.3, -0.25) is 19.7 Å². The SMILES string of the molecule is C[C@@H]1CC(=O)N(CC(=O)Nc2cccc([N+](=O)[O-])c2)c2ccccc2S1. The molecule has 0 aromatic heterocycles. The normalized spacial score (nSPS) is 16.6. The van der Waals surface area contributed by atoms with E-state index in [2.05, 4.69) is 5.32 Å². The van der Waals surface area contributed by atoms with Crippen LogP contribution in [0.15, 0.2) is 53.4 Å². The summed E-state index contributed by atoms with van der Waals surface area (Å²) in [6.45, 7) is 1.83. The summed E-state index contributed by atoms with van der Waals surface area (Å²) in [5, 5.41) is 13.6. The van der Waals surface area contributed by atoms with E-state index in [9.17, 15) is 19.7 Å². The number of hydrogen-bond acceptors (Lipinski definition) is 5. The first-order chi connectivity index (χ1) is 12.4. The molecular formula is C18H17N3O4S. The van der Waals surface area contributed by atoms with Gasteiger partial charge in [-0.05, 0) is 18.2 Å². The van der Waals surface area contributed by atoms with Crippen LogP contribution in [0.4, 0.5) is 17.1 Å². The van der Waals surface area contributed by atoms with E-state index in [-0.39, 0.29) is 23.4 Å². The Labute approximate surface area is 154 Å². The van der Waals surface area contributed by atoms with Crippen molar-refractivity contribution in [1.82, 2.24) is 0 Å². The van der Waals surface area contributed by atoms with Crippen LogP contribution < -0.4 is 10.2 Å². The number of hydrogen-bond donors (Lipinski definition) is 1. The number of thioether (sulfide) groups is 1. The monoisotopic (exact) mass is 371 g/mol. The van der Waals surface area contributed by atoms with Gasteiger partial charge in [-0.2, -0.15) is 0 Å². The van der Waals surface area contributed by atoms with E-state index < -0.39 is 10.8 Å². The Balaban J connectivity index is 1.79. The van der Waals surface area contributed by atoms with Crippen molar-refractivity contribution in [3.8, 4) is 0 Å². The van der Waals surface area contributed by atoms with Crippen molar-refractivity contribution < 1.29 is 14.5 Å². The number of nitrogens with zero attached hydrogens (tertiary/aromatic N) is 2. The molecule has 8 heteroatoms. The molecule has 7 nitrogen and oxygen atoms in total. The molecule has 0 unspecified atom stereocenters. The second-order valence-electron chi connectivity index (χ2n) is 5.94. The van der Waals surface area contributed by atoms with Crippen molar-refractivity contribution in [1.29, 1.82) is 0 Å². The minimum Gasteiger partial charge on any atom is -0.324 e. The van der Waals surface area contributed by atoms with Crippen LogP contribution in [0.1, 0.15) is 13.3 Å². The number of para-hydroxylation sites is 1. The van der Waals surface area contributed by atoms with Crippen LogP contribution in [0.3, 0.4) is 0 Å². The molecule has 2 aromatic rings. The summed E-state index contributed by atoms with van der Waals surface area (Å²) in [4.78, 5) is 37.7. The van der Waals surface area contributed by atoms with Crippen LogP contribution in [0, 0.1) is 10.1 Å². The summed E-state index contributed by atoms with van der Waals surface area (Å²) in [6.07, 6.45) is 0.337. The Morgan fingerprint density at radius 2 is 2.08 bits per heavy atom. The first-order valence-electron chi connectivity index (χ1n) is 8.04. The molecule has 1 aliphatic rings. The molecule has 0 aliphatic carbocycles. The quantitative estimate of drug-likeness (QED) is 0.656. The molecule has 1 aliphatic heterocycles. The van der Waals surface area contributed by atoms with Crippen LogP contribution in [0.5, 0.6) is 0 Å². The van der Waals surface area contributed by atoms with E-state index in [0.29, 0.717) is 17.8 Å². The lowest BCUT2D eigenvalue weighted by molar-refractivity contribution is -0.384. The molecule has 3 rings (SSSR count). The maximum atomic E-state index is 12.6. The number of anilines is 2. The lowest BCUT2D eigenvalue weighted by Crippen LogP contribution is -2.38. The highest BCUT2D eigenvalue weighted by molar-refractivity contribution is 8.00. The summed E-state index contributed by atoms with van der Waals surface area (Å²) >= 11 is 1.61. The fourth-order valence-corrected chi connectivity index (χ4v) is 3.86. The maximum absolute atomic E-state index is 12.6. The van der Waals surface area contributed by atoms with Crippen LogP contribution in [0.25, 0.3) is 0 Å². The minimum absolute atomic E-state index is 0.107. The van der Waals surface area contributed by atoms with Crippen LogP contribution in [-0.2, 0) is 9.59 Å². The lowest BCUT2D eigenvalue weighted by Gasteiger charge is -2.22. The molecule has 1 atom stereocenters. The van der Waals surface area contributed by atoms with Crippen LogP contribution in [-0.4, -0.2) is 28.5 Å². The lowest BCUT2D eigenvalue weighted by atomic mass is 10.2. The molecular weight excluding hydrogens is 354 g/mol. The smallest absolute Gasteiger partial charge is 0.271 e. The first-order valence-corrected chi connectivity index (χ1v) is 8.92. The maximum Gasteiger partial charge on any atom is 0.271 e. The average Bonchev–Trinajstić information content (AvgIpc) is 2.71. The van der Waals surface area contributed by atoms with E-state index in [1.165, 1.54) is 23.1 Å². The Kier molecular flexibility index (Phi) is 5.22. The van der Waals surface area contributed by atoms with Crippen LogP contribution >= 0.6 is 11.8 Å². The summed E-state index contributed by atoms with van der Waals surface area (Å²) in [6, 6.07) is 13.2. The zero-order valence-corrected chi connectivity index (χ0v) is 14.9. The van der Waals surface area contributed by atoms with Gasteiger partial charge in [-0.1, -0.05) is 25.1 Å². The van der Waals surface area contributed by atoms with Gasteiger partial charge in [-0.25, -0.2) is 0 Å². The first kappa shape index (κ1) is 17.9. The number of nitro benzene ring substituents is 1. The van der Waals surface area contributed by atoms with Gasteiger partial charge in [0.25, 0.3) is 5.69 Å². The van der Waals surface area contributed by atoms with Gasteiger partial charge in [-0.15, -0.1) is 11.8 Å². The third-order valence-electron chi connectivity index (χ3n) is 3.89. The molecule has 26 heavy (non-hydrogen) atoms. The fourth-order valence-electron chi connectivity index (χ4n) is 2.74. The van der Waals surface area contributed by atoms with Gasteiger partial charge >= 0.3 is 0 Å². The average molecular weight is 371 g/mol. The van der Waals surface area contributed by atoms with E-state index in [1.807, 2.05) is 31.2 Å². The molecule has 134 valence electrons. The van der Waals surface area contributed by atoms with Crippen molar-refractivity contribution in [3.05, 3.63) is 58.6 Å². The number of nitro groups is 1. The van der Waals surface area contributed by atoms with Gasteiger partial charge in [0.2, 0.25) is 11.8 Å². The third-order valence-corrected chi connectivity index (χ3v) is 5.06. The van der Waals surface area contributed by atoms with Crippen molar-refractivity contribution in [2.75, 3.05) is 16.8 Å². The highest BCUT2D eigenvalue weighted by atomic mass is 32.2. The van der Waals surface area contributed by atoms with E-state index >= 15 is 0 Å². The summed E-state index contributed by atoms with van der Waals surface area (Å²) in [5.74, 6) is -0.530. The van der Waals surface area contributed by atoms with Crippen molar-refractivity contribution in [3.63, 3.8) is 0 Å². The number of amides is 2. The van der Waals surface area contributed by atoms with E-state index in [1.54, 1.807) is 17.8 Å². The number of benzene rings is 2. The van der Waals surface area contributed by atoms with Crippen molar-refractivity contribution >= 4 is 40.6 Å². The molecule has 0 bridgehead atoms. The zero-order chi connectivity index (χ0) is 18.7. The number of carbonyl (C=O) groups excluding carboxylic acids is 2. The largest absolute Gasteiger partial charge is 0.324 e. The van der Waals surface area contributed by atoms with Gasteiger partial charge in [0.05, 0.1) is 10.6 Å². The van der Waals surface area contributed by atoms with Gasteiger partial charge in [0.1, 0.15) is 6.54 Å². The van der Waals surface area contributed by atoms with Gasteiger partial charge < -0.3 is 10.2 Å². The number of rotatable bonds is 4. The standard InChI is InChI=1S/C18H17N3O4S/c1-12-9-18(23)20(15-7-2-3-8-16(15)26-12)11-17(22)19-13-5-4-6-14(10-13)21(24)25/h2-8,10,12H,9,11H2,1H3,(H,19,22)/t12-/m1/s1. The highest BCUT2D eigenvalue weighted by Gasteiger charge is 2.27. The third kappa shape index (κ3) is 4.02. The molecule has 0 saturated heterocycles. The Morgan fingerprint density at radius 3 is 2.85 bits per heavy atom. The number of fused-ring (bicyclic) bond motifs is 1. The molecule has 0 saturated carbocycles. The van der Waals surface area contributed by atoms with Gasteiger partial charge in [0, 0.05) is 34.4 Å². The topological polar surface area (TPSA) is 92.6 Å². The molecule has 1 N–H and O–H groups in total. The minimum atomic E-state index is -0.525. The van der Waals surface area contributed by atoms with Crippen molar-refractivity contribution in [2.45, 2.75) is 23.5 Å². The highest BCUT2D eigenvalue weighted by Crippen LogP contribution is 2.37. The molecule has 0 spiro atoms. The Morgan fingerprint density at radius 1 is 1.31 bits per heavy atom. The summed E-state index contributed by atoms with van der Waals surface area (Å²) in [5.41, 5.74) is 0.924. The molecule has 1 heterocycles. The summed E-state index contributed by atoms with van der Waals surface area (Å²) in [7, 11) is 0. The predicted octanol–water partition coefficient (Wildman–Crippen LogP) is 3.45. The van der Waals surface area contributed by atoms with E-state index in [0.717, 1.165) is 4.90 Å². The second kappa shape index (κ2) is 7.57. The Bertz CT molecular complexity index is 871. The molecule has 0 radical (unpaired) electrons. The second-order valence-corrected chi connectivity index (χ2v) is 7.42. The molecule has 0 fully saturated rings.